The van der Waals surface area contributed by atoms with Crippen molar-refractivity contribution in [1.29, 1.82) is 0 Å². The molecular weight excluding hydrogens is 297 g/mol. The molecule has 0 unspecified atom stereocenters. The molecule has 4 nitrogen and oxygen atoms in total. The molecule has 1 aliphatic carbocycles. The Morgan fingerprint density at radius 3 is 2.65 bits per heavy atom. The van der Waals surface area contributed by atoms with E-state index < -0.39 is 11.4 Å². The monoisotopic (exact) mass is 311 g/mol. The van der Waals surface area contributed by atoms with Gasteiger partial charge < -0.3 is 9.15 Å². The first-order chi connectivity index (χ1) is 11.2. The van der Waals surface area contributed by atoms with Crippen LogP contribution in [0, 0.1) is 5.82 Å². The number of aromatic nitrogens is 1. The van der Waals surface area contributed by atoms with Crippen LogP contribution in [0.3, 0.4) is 0 Å². The topological polar surface area (TPSA) is 52.3 Å². The van der Waals surface area contributed by atoms with Gasteiger partial charge in [0.25, 0.3) is 0 Å². The molecule has 3 aromatic rings. The number of nitrogens with zero attached hydrogens (tertiary/aromatic N) is 1. The van der Waals surface area contributed by atoms with E-state index in [2.05, 4.69) is 4.98 Å². The van der Waals surface area contributed by atoms with E-state index in [4.69, 9.17) is 9.15 Å². The summed E-state index contributed by atoms with van der Waals surface area (Å²) in [4.78, 5) is 16.7. The van der Waals surface area contributed by atoms with Crippen LogP contribution < -0.4 is 0 Å². The van der Waals surface area contributed by atoms with E-state index in [9.17, 15) is 9.18 Å². The number of carbonyl (C=O) groups is 1. The molecule has 23 heavy (non-hydrogen) atoms. The lowest BCUT2D eigenvalue weighted by Gasteiger charge is -2.14. The third-order valence-electron chi connectivity index (χ3n) is 4.20. The van der Waals surface area contributed by atoms with Gasteiger partial charge >= 0.3 is 5.97 Å². The standard InChI is InChI=1S/C18H14FNO3/c19-13-6-2-1-5-12(13)18(9-10-18)17(21)22-11-16-20-14-7-3-4-8-15(14)23-16/h1-8H,9-11H2. The molecule has 0 spiro atoms. The zero-order chi connectivity index (χ0) is 15.9. The maximum atomic E-state index is 13.9. The SMILES string of the molecule is O=C(OCc1nc2ccccc2o1)C1(c2ccccc2F)CC1. The summed E-state index contributed by atoms with van der Waals surface area (Å²) in [5.41, 5.74) is 0.919. The van der Waals surface area contributed by atoms with Crippen molar-refractivity contribution in [3.63, 3.8) is 0 Å². The van der Waals surface area contributed by atoms with E-state index in [1.54, 1.807) is 24.3 Å². The van der Waals surface area contributed by atoms with Crippen molar-refractivity contribution in [1.82, 2.24) is 4.98 Å². The minimum Gasteiger partial charge on any atom is -0.455 e. The van der Waals surface area contributed by atoms with Crippen LogP contribution in [-0.4, -0.2) is 11.0 Å². The molecule has 0 amide bonds. The molecule has 1 aromatic heterocycles. The van der Waals surface area contributed by atoms with E-state index in [0.29, 0.717) is 35.4 Å². The fraction of sp³-hybridized carbons (Fsp3) is 0.222. The maximum absolute atomic E-state index is 13.9. The Morgan fingerprint density at radius 2 is 1.91 bits per heavy atom. The van der Waals surface area contributed by atoms with Gasteiger partial charge in [-0.05, 0) is 31.0 Å². The molecule has 0 bridgehead atoms. The Morgan fingerprint density at radius 1 is 1.17 bits per heavy atom. The highest BCUT2D eigenvalue weighted by Gasteiger charge is 2.54. The summed E-state index contributed by atoms with van der Waals surface area (Å²) in [5, 5.41) is 0. The lowest BCUT2D eigenvalue weighted by molar-refractivity contribution is -0.148. The lowest BCUT2D eigenvalue weighted by atomic mass is 9.95. The van der Waals surface area contributed by atoms with Gasteiger partial charge in [0.2, 0.25) is 5.89 Å². The molecule has 1 heterocycles. The number of carbonyl (C=O) groups excluding carboxylic acids is 1. The number of para-hydroxylation sites is 2. The van der Waals surface area contributed by atoms with Crippen LogP contribution in [0.15, 0.2) is 52.9 Å². The van der Waals surface area contributed by atoms with Crippen LogP contribution in [0.4, 0.5) is 4.39 Å². The first-order valence-corrected chi connectivity index (χ1v) is 7.46. The number of halogens is 1. The van der Waals surface area contributed by atoms with Crippen molar-refractivity contribution in [3.8, 4) is 0 Å². The Balaban J connectivity index is 1.51. The Bertz CT molecular complexity index is 850. The van der Waals surface area contributed by atoms with Crippen LogP contribution in [0.1, 0.15) is 24.3 Å². The Hall–Kier alpha value is -2.69. The summed E-state index contributed by atoms with van der Waals surface area (Å²) in [6, 6.07) is 13.7. The second-order valence-electron chi connectivity index (χ2n) is 5.71. The van der Waals surface area contributed by atoms with Gasteiger partial charge in [-0.1, -0.05) is 30.3 Å². The molecule has 1 aliphatic rings. The van der Waals surface area contributed by atoms with Gasteiger partial charge in [0.1, 0.15) is 11.3 Å². The highest BCUT2D eigenvalue weighted by molar-refractivity contribution is 5.86. The van der Waals surface area contributed by atoms with Crippen molar-refractivity contribution < 1.29 is 18.3 Å². The average molecular weight is 311 g/mol. The fourth-order valence-corrected chi connectivity index (χ4v) is 2.80. The highest BCUT2D eigenvalue weighted by Crippen LogP contribution is 2.50. The number of hydrogen-bond donors (Lipinski definition) is 0. The van der Waals surface area contributed by atoms with Crippen LogP contribution in [0.2, 0.25) is 0 Å². The van der Waals surface area contributed by atoms with Crippen molar-refractivity contribution in [2.45, 2.75) is 24.9 Å². The zero-order valence-electron chi connectivity index (χ0n) is 12.3. The molecule has 0 saturated heterocycles. The van der Waals surface area contributed by atoms with Crippen molar-refractivity contribution in [2.24, 2.45) is 0 Å². The molecule has 0 aliphatic heterocycles. The van der Waals surface area contributed by atoms with E-state index in [1.165, 1.54) is 6.07 Å². The number of hydrogen-bond acceptors (Lipinski definition) is 4. The quantitative estimate of drug-likeness (QED) is 0.689. The molecule has 4 rings (SSSR count). The molecular formula is C18H14FNO3. The first kappa shape index (κ1) is 13.9. The summed E-state index contributed by atoms with van der Waals surface area (Å²) in [6.07, 6.45) is 1.20. The number of fused-ring (bicyclic) bond motifs is 1. The van der Waals surface area contributed by atoms with E-state index >= 15 is 0 Å². The predicted molar refractivity (Wildman–Crippen MR) is 81.1 cm³/mol. The second-order valence-corrected chi connectivity index (χ2v) is 5.71. The average Bonchev–Trinajstić information content (AvgIpc) is 3.26. The smallest absolute Gasteiger partial charge is 0.317 e. The maximum Gasteiger partial charge on any atom is 0.317 e. The summed E-state index contributed by atoms with van der Waals surface area (Å²) >= 11 is 0. The van der Waals surface area contributed by atoms with Gasteiger partial charge in [-0.2, -0.15) is 0 Å². The lowest BCUT2D eigenvalue weighted by Crippen LogP contribution is -2.24. The largest absolute Gasteiger partial charge is 0.455 e. The van der Waals surface area contributed by atoms with E-state index in [-0.39, 0.29) is 12.4 Å². The minimum absolute atomic E-state index is 0.0519. The molecule has 116 valence electrons. The third-order valence-corrected chi connectivity index (χ3v) is 4.20. The van der Waals surface area contributed by atoms with Crippen molar-refractivity contribution in [3.05, 3.63) is 65.8 Å². The number of esters is 1. The summed E-state index contributed by atoms with van der Waals surface area (Å²) in [5.74, 6) is -0.461. The number of rotatable bonds is 4. The van der Waals surface area contributed by atoms with Crippen LogP contribution in [-0.2, 0) is 21.6 Å². The second kappa shape index (κ2) is 5.19. The van der Waals surface area contributed by atoms with Crippen LogP contribution in [0.25, 0.3) is 11.1 Å². The molecule has 1 saturated carbocycles. The number of ether oxygens (including phenoxy) is 1. The van der Waals surface area contributed by atoms with Crippen molar-refractivity contribution in [2.75, 3.05) is 0 Å². The van der Waals surface area contributed by atoms with Gasteiger partial charge in [0.05, 0.1) is 5.41 Å². The Labute approximate surface area is 131 Å². The van der Waals surface area contributed by atoms with Crippen LogP contribution in [0.5, 0.6) is 0 Å². The summed E-state index contributed by atoms with van der Waals surface area (Å²) in [6.45, 7) is -0.0519. The molecule has 0 radical (unpaired) electrons. The van der Waals surface area contributed by atoms with Gasteiger partial charge in [-0.15, -0.1) is 0 Å². The highest BCUT2D eigenvalue weighted by atomic mass is 19.1. The third kappa shape index (κ3) is 2.38. The summed E-state index contributed by atoms with van der Waals surface area (Å²) < 4.78 is 24.8. The van der Waals surface area contributed by atoms with E-state index in [1.807, 2.05) is 18.2 Å². The van der Waals surface area contributed by atoms with Gasteiger partial charge in [-0.3, -0.25) is 4.79 Å². The zero-order valence-corrected chi connectivity index (χ0v) is 12.3. The molecule has 0 N–H and O–H groups in total. The van der Waals surface area contributed by atoms with Gasteiger partial charge in [0, 0.05) is 5.56 Å². The van der Waals surface area contributed by atoms with Gasteiger partial charge in [-0.25, -0.2) is 9.37 Å². The molecule has 0 atom stereocenters. The Kier molecular flexibility index (Phi) is 3.15. The number of oxazole rings is 1. The van der Waals surface area contributed by atoms with Crippen LogP contribution >= 0.6 is 0 Å². The molecule has 1 fully saturated rings. The van der Waals surface area contributed by atoms with E-state index in [0.717, 1.165) is 0 Å². The minimum atomic E-state index is -0.850. The van der Waals surface area contributed by atoms with Gasteiger partial charge in [0.15, 0.2) is 12.2 Å². The normalized spacial score (nSPS) is 15.5. The van der Waals surface area contributed by atoms with Crippen molar-refractivity contribution >= 4 is 17.1 Å². The molecule has 5 heteroatoms. The molecule has 2 aromatic carbocycles. The first-order valence-electron chi connectivity index (χ1n) is 7.46. The fourth-order valence-electron chi connectivity index (χ4n) is 2.80. The number of benzene rings is 2. The predicted octanol–water partition coefficient (Wildman–Crippen LogP) is 3.74. The summed E-state index contributed by atoms with van der Waals surface area (Å²) in [7, 11) is 0.